The van der Waals surface area contributed by atoms with Crippen molar-refractivity contribution in [2.75, 3.05) is 13.1 Å². The average molecular weight is 321 g/mol. The Bertz CT molecular complexity index is 852. The molecule has 0 bridgehead atoms. The third kappa shape index (κ3) is 2.35. The summed E-state index contributed by atoms with van der Waals surface area (Å²) in [6.07, 6.45) is 1.27. The Kier molecular flexibility index (Phi) is 3.41. The van der Waals surface area contributed by atoms with Crippen molar-refractivity contribution in [1.82, 2.24) is 5.32 Å². The molecular weight excluding hydrogens is 310 g/mol. The second-order valence-corrected chi connectivity index (χ2v) is 6.44. The average Bonchev–Trinajstić information content (AvgIpc) is 3.18. The fourth-order valence-corrected chi connectivity index (χ4v) is 3.48. The fourth-order valence-electron chi connectivity index (χ4n) is 2.11. The summed E-state index contributed by atoms with van der Waals surface area (Å²) in [6.45, 7) is 1.17. The van der Waals surface area contributed by atoms with Crippen molar-refractivity contribution < 1.29 is 17.8 Å². The molecule has 1 aromatic carbocycles. The lowest BCUT2D eigenvalue weighted by molar-refractivity contribution is -0.384. The van der Waals surface area contributed by atoms with Crippen molar-refractivity contribution in [3.05, 3.63) is 52.5 Å². The minimum absolute atomic E-state index is 0.0190. The highest BCUT2D eigenvalue weighted by Gasteiger charge is 2.27. The van der Waals surface area contributed by atoms with E-state index in [0.717, 1.165) is 12.1 Å². The predicted octanol–water partition coefficient (Wildman–Crippen LogP) is 1.37. The molecule has 0 spiro atoms. The number of nitro benzene ring substituents is 1. The van der Waals surface area contributed by atoms with Crippen LogP contribution < -0.4 is 5.32 Å². The molecule has 0 saturated carbocycles. The topological polar surface area (TPSA) is 115 Å². The summed E-state index contributed by atoms with van der Waals surface area (Å²) in [5, 5.41) is 13.6. The predicted molar refractivity (Wildman–Crippen MR) is 76.7 cm³/mol. The van der Waals surface area contributed by atoms with E-state index in [-0.39, 0.29) is 21.2 Å². The SMILES string of the molecule is O=[N+]([O-])c1ccc(S(=O)(=O)c2ccoc2C2=NCCN2)cc1. The summed E-state index contributed by atoms with van der Waals surface area (Å²) in [6, 6.07) is 6.05. The summed E-state index contributed by atoms with van der Waals surface area (Å²) in [7, 11) is -3.84. The standard InChI is InChI=1S/C13H11N3O5S/c17-16(18)9-1-3-10(4-2-9)22(19,20)11-5-8-21-12(11)13-14-6-7-15-13/h1-5,8H,6-7H2,(H,14,15). The first-order valence-electron chi connectivity index (χ1n) is 6.36. The molecule has 2 aromatic rings. The highest BCUT2D eigenvalue weighted by molar-refractivity contribution is 7.91. The molecule has 1 aliphatic rings. The van der Waals surface area contributed by atoms with Crippen LogP contribution >= 0.6 is 0 Å². The summed E-state index contributed by atoms with van der Waals surface area (Å²) in [5.41, 5.74) is -0.173. The lowest BCUT2D eigenvalue weighted by Crippen LogP contribution is -2.21. The van der Waals surface area contributed by atoms with Gasteiger partial charge in [-0.05, 0) is 18.2 Å². The van der Waals surface area contributed by atoms with Crippen LogP contribution in [0.3, 0.4) is 0 Å². The highest BCUT2D eigenvalue weighted by Crippen LogP contribution is 2.27. The normalized spacial score (nSPS) is 14.5. The van der Waals surface area contributed by atoms with Crippen LogP contribution in [-0.4, -0.2) is 32.3 Å². The van der Waals surface area contributed by atoms with Gasteiger partial charge in [-0.3, -0.25) is 15.1 Å². The molecule has 1 aromatic heterocycles. The van der Waals surface area contributed by atoms with Gasteiger partial charge in [0.25, 0.3) is 5.69 Å². The van der Waals surface area contributed by atoms with E-state index >= 15 is 0 Å². The van der Waals surface area contributed by atoms with Crippen LogP contribution in [0, 0.1) is 10.1 Å². The van der Waals surface area contributed by atoms with E-state index in [0.29, 0.717) is 18.9 Å². The molecule has 1 aliphatic heterocycles. The highest BCUT2D eigenvalue weighted by atomic mass is 32.2. The van der Waals surface area contributed by atoms with E-state index < -0.39 is 14.8 Å². The van der Waals surface area contributed by atoms with Gasteiger partial charge in [0.05, 0.1) is 22.6 Å². The van der Waals surface area contributed by atoms with Gasteiger partial charge in [-0.2, -0.15) is 0 Å². The molecule has 114 valence electrons. The third-order valence-electron chi connectivity index (χ3n) is 3.17. The van der Waals surface area contributed by atoms with E-state index in [9.17, 15) is 18.5 Å². The van der Waals surface area contributed by atoms with Crippen LogP contribution in [0.1, 0.15) is 5.76 Å². The lowest BCUT2D eigenvalue weighted by atomic mass is 10.3. The van der Waals surface area contributed by atoms with E-state index in [4.69, 9.17) is 4.42 Å². The number of nitrogens with zero attached hydrogens (tertiary/aromatic N) is 2. The minimum atomic E-state index is -3.84. The Balaban J connectivity index is 2.03. The number of hydrogen-bond donors (Lipinski definition) is 1. The van der Waals surface area contributed by atoms with Crippen molar-refractivity contribution in [2.45, 2.75) is 9.79 Å². The minimum Gasteiger partial charge on any atom is -0.460 e. The summed E-state index contributed by atoms with van der Waals surface area (Å²) in [5.74, 6) is 0.543. The third-order valence-corrected chi connectivity index (χ3v) is 4.96. The van der Waals surface area contributed by atoms with Gasteiger partial charge in [0.15, 0.2) is 11.6 Å². The van der Waals surface area contributed by atoms with Gasteiger partial charge in [0.1, 0.15) is 4.90 Å². The first-order valence-corrected chi connectivity index (χ1v) is 7.84. The van der Waals surface area contributed by atoms with Crippen molar-refractivity contribution in [3.63, 3.8) is 0 Å². The fraction of sp³-hybridized carbons (Fsp3) is 0.154. The van der Waals surface area contributed by atoms with E-state index in [1.807, 2.05) is 0 Å². The molecule has 3 rings (SSSR count). The molecule has 1 N–H and O–H groups in total. The monoisotopic (exact) mass is 321 g/mol. The number of sulfone groups is 1. The van der Waals surface area contributed by atoms with Gasteiger partial charge in [-0.15, -0.1) is 0 Å². The molecule has 0 saturated heterocycles. The van der Waals surface area contributed by atoms with Gasteiger partial charge in [0.2, 0.25) is 9.84 Å². The Morgan fingerprint density at radius 1 is 1.23 bits per heavy atom. The van der Waals surface area contributed by atoms with Crippen LogP contribution in [0.2, 0.25) is 0 Å². The van der Waals surface area contributed by atoms with Gasteiger partial charge in [-0.25, -0.2) is 8.42 Å². The Morgan fingerprint density at radius 3 is 2.55 bits per heavy atom. The number of amidine groups is 1. The van der Waals surface area contributed by atoms with E-state index in [1.54, 1.807) is 0 Å². The van der Waals surface area contributed by atoms with Gasteiger partial charge < -0.3 is 9.73 Å². The largest absolute Gasteiger partial charge is 0.460 e. The molecule has 8 nitrogen and oxygen atoms in total. The van der Waals surface area contributed by atoms with Crippen LogP contribution in [0.5, 0.6) is 0 Å². The molecule has 0 unspecified atom stereocenters. The number of aliphatic imine (C=N–C) groups is 1. The van der Waals surface area contributed by atoms with Gasteiger partial charge >= 0.3 is 0 Å². The summed E-state index contributed by atoms with van der Waals surface area (Å²) < 4.78 is 30.5. The lowest BCUT2D eigenvalue weighted by Gasteiger charge is -2.05. The molecule has 0 aliphatic carbocycles. The molecule has 9 heteroatoms. The van der Waals surface area contributed by atoms with E-state index in [2.05, 4.69) is 10.3 Å². The van der Waals surface area contributed by atoms with Crippen molar-refractivity contribution in [3.8, 4) is 0 Å². The molecule has 0 atom stereocenters. The van der Waals surface area contributed by atoms with Crippen molar-refractivity contribution >= 4 is 21.4 Å². The summed E-state index contributed by atoms with van der Waals surface area (Å²) >= 11 is 0. The second kappa shape index (κ2) is 5.26. The maximum Gasteiger partial charge on any atom is 0.269 e. The van der Waals surface area contributed by atoms with Gasteiger partial charge in [0, 0.05) is 18.7 Å². The Morgan fingerprint density at radius 2 is 1.95 bits per heavy atom. The van der Waals surface area contributed by atoms with Crippen LogP contribution in [0.4, 0.5) is 5.69 Å². The first-order chi connectivity index (χ1) is 10.5. The van der Waals surface area contributed by atoms with Gasteiger partial charge in [-0.1, -0.05) is 0 Å². The Hall–Kier alpha value is -2.68. The summed E-state index contributed by atoms with van der Waals surface area (Å²) in [4.78, 5) is 14.1. The zero-order valence-corrected chi connectivity index (χ0v) is 12.0. The Labute approximate surface area is 125 Å². The number of furan rings is 1. The van der Waals surface area contributed by atoms with Crippen LogP contribution in [0.25, 0.3) is 0 Å². The first kappa shape index (κ1) is 14.3. The maximum atomic E-state index is 12.6. The quantitative estimate of drug-likeness (QED) is 0.672. The number of non-ortho nitro benzene ring substituents is 1. The molecule has 0 amide bonds. The maximum absolute atomic E-state index is 12.6. The van der Waals surface area contributed by atoms with Crippen LogP contribution in [-0.2, 0) is 9.84 Å². The molecule has 2 heterocycles. The molecule has 22 heavy (non-hydrogen) atoms. The zero-order chi connectivity index (χ0) is 15.7. The number of nitro groups is 1. The number of benzene rings is 1. The number of hydrogen-bond acceptors (Lipinski definition) is 7. The van der Waals surface area contributed by atoms with Crippen molar-refractivity contribution in [2.24, 2.45) is 4.99 Å². The zero-order valence-electron chi connectivity index (χ0n) is 11.2. The van der Waals surface area contributed by atoms with Crippen molar-refractivity contribution in [1.29, 1.82) is 0 Å². The molecule has 0 radical (unpaired) electrons. The number of nitrogens with one attached hydrogen (secondary N) is 1. The van der Waals surface area contributed by atoms with E-state index in [1.165, 1.54) is 24.5 Å². The molecule has 0 fully saturated rings. The smallest absolute Gasteiger partial charge is 0.269 e. The number of rotatable bonds is 4. The second-order valence-electron chi connectivity index (χ2n) is 4.53. The molecular formula is C13H11N3O5S. The van der Waals surface area contributed by atoms with Crippen LogP contribution in [0.15, 0.2) is 55.8 Å².